The van der Waals surface area contributed by atoms with Crippen LogP contribution in [0.1, 0.15) is 41.2 Å². The average Bonchev–Trinajstić information content (AvgIpc) is 2.90. The third-order valence-electron chi connectivity index (χ3n) is 4.21. The molecule has 1 aromatic carbocycles. The van der Waals surface area contributed by atoms with Gasteiger partial charge in [0.25, 0.3) is 0 Å². The van der Waals surface area contributed by atoms with Gasteiger partial charge in [-0.15, -0.1) is 6.58 Å². The van der Waals surface area contributed by atoms with Crippen LogP contribution < -0.4 is 5.32 Å². The van der Waals surface area contributed by atoms with Gasteiger partial charge in [0, 0.05) is 36.1 Å². The number of carbonyl (C=O) groups is 2. The molecule has 0 aliphatic carbocycles. The summed E-state index contributed by atoms with van der Waals surface area (Å²) in [7, 11) is 0. The summed E-state index contributed by atoms with van der Waals surface area (Å²) in [6, 6.07) is 9.10. The molecule has 0 unspecified atom stereocenters. The number of amides is 1. The van der Waals surface area contributed by atoms with Crippen LogP contribution in [0.4, 0.5) is 5.69 Å². The number of Topliss-reactive ketones (excluding diaryl/α,β-unsaturated/α-hetero) is 1. The largest absolute Gasteiger partial charge is 0.387 e. The van der Waals surface area contributed by atoms with E-state index in [1.54, 1.807) is 25.1 Å². The Bertz CT molecular complexity index is 877. The Kier molecular flexibility index (Phi) is 6.71. The fourth-order valence-corrected chi connectivity index (χ4v) is 2.81. The monoisotopic (exact) mass is 367 g/mol. The number of ketones is 1. The quantitative estimate of drug-likeness (QED) is 0.333. The second-order valence-electron chi connectivity index (χ2n) is 6.32. The normalized spacial score (nSPS) is 11.2. The smallest absolute Gasteiger partial charge is 0.221 e. The van der Waals surface area contributed by atoms with Crippen LogP contribution in [0.2, 0.25) is 0 Å². The van der Waals surface area contributed by atoms with E-state index < -0.39 is 0 Å². The number of oxime groups is 1. The van der Waals surface area contributed by atoms with Gasteiger partial charge in [-0.05, 0) is 44.5 Å². The maximum atomic E-state index is 12.4. The summed E-state index contributed by atoms with van der Waals surface area (Å²) in [6.07, 6.45) is 1.80. The SMILES string of the molecule is C=CCn1c(C)cc(C(=O)CO/N=C(\C)c2ccc(NC(C)=O)cc2)c1C. The summed E-state index contributed by atoms with van der Waals surface area (Å²) < 4.78 is 2.03. The third kappa shape index (κ3) is 5.17. The molecule has 142 valence electrons. The van der Waals surface area contributed by atoms with Crippen LogP contribution in [-0.2, 0) is 16.2 Å². The number of aryl methyl sites for hydroxylation is 1. The fourth-order valence-electron chi connectivity index (χ4n) is 2.81. The van der Waals surface area contributed by atoms with E-state index in [2.05, 4.69) is 17.1 Å². The topological polar surface area (TPSA) is 72.7 Å². The Morgan fingerprint density at radius 1 is 1.22 bits per heavy atom. The molecule has 2 aromatic rings. The van der Waals surface area contributed by atoms with Crippen molar-refractivity contribution in [2.24, 2.45) is 5.16 Å². The van der Waals surface area contributed by atoms with Crippen molar-refractivity contribution < 1.29 is 14.4 Å². The molecule has 1 N–H and O–H groups in total. The second-order valence-corrected chi connectivity index (χ2v) is 6.32. The van der Waals surface area contributed by atoms with E-state index in [4.69, 9.17) is 4.84 Å². The molecule has 2 rings (SSSR count). The molecule has 0 aliphatic rings. The first-order valence-corrected chi connectivity index (χ1v) is 8.69. The van der Waals surface area contributed by atoms with Gasteiger partial charge >= 0.3 is 0 Å². The zero-order valence-corrected chi connectivity index (χ0v) is 16.2. The number of rotatable bonds is 8. The van der Waals surface area contributed by atoms with E-state index >= 15 is 0 Å². The number of carbonyl (C=O) groups excluding carboxylic acids is 2. The molecular weight excluding hydrogens is 342 g/mol. The van der Waals surface area contributed by atoms with E-state index in [1.807, 2.05) is 36.6 Å². The van der Waals surface area contributed by atoms with Gasteiger partial charge in [0.15, 0.2) is 6.61 Å². The Morgan fingerprint density at radius 2 is 1.89 bits per heavy atom. The van der Waals surface area contributed by atoms with Gasteiger partial charge in [-0.25, -0.2) is 0 Å². The number of nitrogens with zero attached hydrogens (tertiary/aromatic N) is 2. The lowest BCUT2D eigenvalue weighted by atomic mass is 10.1. The summed E-state index contributed by atoms with van der Waals surface area (Å²) in [6.45, 7) is 11.4. The zero-order valence-electron chi connectivity index (χ0n) is 16.2. The number of nitrogens with one attached hydrogen (secondary N) is 1. The number of hydrogen-bond donors (Lipinski definition) is 1. The van der Waals surface area contributed by atoms with Gasteiger partial charge in [0.05, 0.1) is 5.71 Å². The van der Waals surface area contributed by atoms with Gasteiger partial charge < -0.3 is 14.7 Å². The highest BCUT2D eigenvalue weighted by Gasteiger charge is 2.15. The molecule has 1 heterocycles. The van der Waals surface area contributed by atoms with Gasteiger partial charge in [-0.3, -0.25) is 9.59 Å². The Balaban J connectivity index is 2.00. The molecule has 0 aliphatic heterocycles. The number of allylic oxidation sites excluding steroid dienone is 1. The molecule has 0 atom stereocenters. The molecule has 27 heavy (non-hydrogen) atoms. The highest BCUT2D eigenvalue weighted by Crippen LogP contribution is 2.16. The summed E-state index contributed by atoms with van der Waals surface area (Å²) >= 11 is 0. The maximum absolute atomic E-state index is 12.4. The van der Waals surface area contributed by atoms with Gasteiger partial charge in [-0.1, -0.05) is 23.4 Å². The van der Waals surface area contributed by atoms with Crippen LogP contribution in [0.25, 0.3) is 0 Å². The Morgan fingerprint density at radius 3 is 2.48 bits per heavy atom. The lowest BCUT2D eigenvalue weighted by Gasteiger charge is -2.06. The highest BCUT2D eigenvalue weighted by atomic mass is 16.6. The molecule has 0 saturated carbocycles. The van der Waals surface area contributed by atoms with Crippen molar-refractivity contribution >= 4 is 23.1 Å². The summed E-state index contributed by atoms with van der Waals surface area (Å²) in [4.78, 5) is 28.7. The van der Waals surface area contributed by atoms with Crippen LogP contribution in [-0.4, -0.2) is 28.6 Å². The minimum atomic E-state index is -0.125. The molecule has 0 spiro atoms. The molecule has 0 saturated heterocycles. The summed E-state index contributed by atoms with van der Waals surface area (Å²) in [5.41, 5.74) is 4.76. The average molecular weight is 367 g/mol. The number of hydrogen-bond acceptors (Lipinski definition) is 4. The third-order valence-corrected chi connectivity index (χ3v) is 4.21. The summed E-state index contributed by atoms with van der Waals surface area (Å²) in [5, 5.41) is 6.74. The van der Waals surface area contributed by atoms with Gasteiger partial charge in [0.2, 0.25) is 11.7 Å². The van der Waals surface area contributed by atoms with Gasteiger partial charge in [0.1, 0.15) is 0 Å². The van der Waals surface area contributed by atoms with E-state index in [0.29, 0.717) is 23.5 Å². The zero-order chi connectivity index (χ0) is 20.0. The first-order chi connectivity index (χ1) is 12.8. The molecule has 0 fully saturated rings. The number of anilines is 1. The van der Waals surface area contributed by atoms with Crippen LogP contribution in [0.3, 0.4) is 0 Å². The highest BCUT2D eigenvalue weighted by molar-refractivity contribution is 6.00. The van der Waals surface area contributed by atoms with Crippen molar-refractivity contribution in [3.8, 4) is 0 Å². The number of benzene rings is 1. The van der Waals surface area contributed by atoms with Crippen molar-refractivity contribution in [3.63, 3.8) is 0 Å². The second kappa shape index (κ2) is 8.98. The van der Waals surface area contributed by atoms with Gasteiger partial charge in [-0.2, -0.15) is 0 Å². The van der Waals surface area contributed by atoms with Crippen LogP contribution in [0.15, 0.2) is 48.1 Å². The fraction of sp³-hybridized carbons (Fsp3) is 0.286. The van der Waals surface area contributed by atoms with Crippen molar-refractivity contribution in [2.45, 2.75) is 34.2 Å². The van der Waals surface area contributed by atoms with Crippen molar-refractivity contribution in [1.29, 1.82) is 0 Å². The Hall–Kier alpha value is -3.15. The lowest BCUT2D eigenvalue weighted by molar-refractivity contribution is -0.114. The molecule has 1 aromatic heterocycles. The van der Waals surface area contributed by atoms with Crippen molar-refractivity contribution in [1.82, 2.24) is 4.57 Å². The first-order valence-electron chi connectivity index (χ1n) is 8.69. The van der Waals surface area contributed by atoms with E-state index in [0.717, 1.165) is 17.0 Å². The lowest BCUT2D eigenvalue weighted by Crippen LogP contribution is -2.10. The number of aromatic nitrogens is 1. The summed E-state index contributed by atoms with van der Waals surface area (Å²) in [5.74, 6) is -0.238. The minimum absolute atomic E-state index is 0.115. The van der Waals surface area contributed by atoms with E-state index in [1.165, 1.54) is 6.92 Å². The maximum Gasteiger partial charge on any atom is 0.221 e. The molecular formula is C21H25N3O3. The van der Waals surface area contributed by atoms with Crippen molar-refractivity contribution in [3.05, 3.63) is 65.5 Å². The molecule has 0 bridgehead atoms. The Labute approximate surface area is 159 Å². The first kappa shape index (κ1) is 20.2. The van der Waals surface area contributed by atoms with Crippen LogP contribution in [0.5, 0.6) is 0 Å². The molecule has 1 amide bonds. The van der Waals surface area contributed by atoms with E-state index in [-0.39, 0.29) is 18.3 Å². The predicted molar refractivity (Wildman–Crippen MR) is 107 cm³/mol. The standard InChI is InChI=1S/C21H25N3O3/c1-6-11-24-14(2)12-20(16(24)4)21(26)13-27-23-15(3)18-7-9-19(10-8-18)22-17(5)25/h6-10,12H,1,11,13H2,2-5H3,(H,22,25)/b23-15+. The van der Waals surface area contributed by atoms with E-state index in [9.17, 15) is 9.59 Å². The molecule has 6 heteroatoms. The predicted octanol–water partition coefficient (Wildman–Crippen LogP) is 3.87. The van der Waals surface area contributed by atoms with Crippen LogP contribution >= 0.6 is 0 Å². The minimum Gasteiger partial charge on any atom is -0.387 e. The van der Waals surface area contributed by atoms with Crippen molar-refractivity contribution in [2.75, 3.05) is 11.9 Å². The molecule has 0 radical (unpaired) electrons. The van der Waals surface area contributed by atoms with Crippen LogP contribution in [0, 0.1) is 13.8 Å². The molecule has 6 nitrogen and oxygen atoms in total.